The zero-order chi connectivity index (χ0) is 17.2. The Bertz CT molecular complexity index is 407. The van der Waals surface area contributed by atoms with Crippen LogP contribution in [0.1, 0.15) is 26.7 Å². The lowest BCUT2D eigenvalue weighted by molar-refractivity contribution is -0.121. The monoisotopic (exact) mass is 348 g/mol. The quantitative estimate of drug-likeness (QED) is 0.364. The van der Waals surface area contributed by atoms with Gasteiger partial charge in [-0.3, -0.25) is 14.9 Å². The highest BCUT2D eigenvalue weighted by Gasteiger charge is 2.28. The molecule has 0 saturated carbocycles. The predicted octanol–water partition coefficient (Wildman–Crippen LogP) is 1.52. The first kappa shape index (κ1) is 20.0. The van der Waals surface area contributed by atoms with Crippen LogP contribution in [0.25, 0.3) is 0 Å². The number of imide groups is 1. The van der Waals surface area contributed by atoms with E-state index in [1.54, 1.807) is 18.2 Å². The average molecular weight is 348 g/mol. The van der Waals surface area contributed by atoms with Gasteiger partial charge in [-0.2, -0.15) is 0 Å². The number of rotatable bonds is 10. The standard InChI is InChI=1S/C14H25N2O6P/c1-11(2)22-23(19-4)20-9-12-5-6-14(21-12)16(3)8-7-13(18)15-10-17/h7-8,10-12,14H,5-6,9H2,1-4H3,(H,15,17,18)/b8-7-. The molecule has 1 fully saturated rings. The van der Waals surface area contributed by atoms with Crippen LogP contribution in [0.15, 0.2) is 12.3 Å². The van der Waals surface area contributed by atoms with Crippen molar-refractivity contribution >= 4 is 20.9 Å². The molecule has 0 aromatic rings. The third-order valence-corrected chi connectivity index (χ3v) is 4.27. The first-order valence-corrected chi connectivity index (χ1v) is 8.49. The van der Waals surface area contributed by atoms with Crippen LogP contribution >= 0.6 is 8.60 Å². The van der Waals surface area contributed by atoms with Crippen LogP contribution in [0.2, 0.25) is 0 Å². The van der Waals surface area contributed by atoms with E-state index in [2.05, 4.69) is 0 Å². The first-order chi connectivity index (χ1) is 11.0. The van der Waals surface area contributed by atoms with Crippen LogP contribution in [-0.4, -0.2) is 56.4 Å². The summed E-state index contributed by atoms with van der Waals surface area (Å²) in [6, 6.07) is 0. The van der Waals surface area contributed by atoms with Gasteiger partial charge in [0.1, 0.15) is 6.23 Å². The van der Waals surface area contributed by atoms with Gasteiger partial charge in [0, 0.05) is 26.4 Å². The number of nitrogens with zero attached hydrogens (tertiary/aromatic N) is 1. The fraction of sp³-hybridized carbons (Fsp3) is 0.714. The Morgan fingerprint density at radius 3 is 2.83 bits per heavy atom. The van der Waals surface area contributed by atoms with E-state index in [-0.39, 0.29) is 18.4 Å². The fourth-order valence-electron chi connectivity index (χ4n) is 1.94. The molecule has 1 rings (SSSR count). The molecule has 23 heavy (non-hydrogen) atoms. The molecule has 0 bridgehead atoms. The van der Waals surface area contributed by atoms with Crippen LogP contribution in [0.5, 0.6) is 0 Å². The number of carbonyl (C=O) groups excluding carboxylic acids is 2. The number of hydrogen-bond donors (Lipinski definition) is 1. The molecule has 1 aliphatic rings. The summed E-state index contributed by atoms with van der Waals surface area (Å²) in [6.07, 6.45) is 4.72. The molecule has 3 unspecified atom stereocenters. The lowest BCUT2D eigenvalue weighted by Gasteiger charge is -2.23. The minimum absolute atomic E-state index is 0.0343. The van der Waals surface area contributed by atoms with E-state index in [4.69, 9.17) is 18.3 Å². The van der Waals surface area contributed by atoms with Crippen LogP contribution in [0.4, 0.5) is 0 Å². The Hall–Kier alpha value is -1.05. The highest BCUT2D eigenvalue weighted by atomic mass is 31.2. The molecule has 0 aromatic carbocycles. The molecule has 1 saturated heterocycles. The second-order valence-electron chi connectivity index (χ2n) is 5.25. The number of hydrogen-bond acceptors (Lipinski definition) is 7. The highest BCUT2D eigenvalue weighted by molar-refractivity contribution is 7.41. The van der Waals surface area contributed by atoms with Crippen LogP contribution in [0.3, 0.4) is 0 Å². The Kier molecular flexibility index (Phi) is 9.28. The van der Waals surface area contributed by atoms with E-state index in [1.165, 1.54) is 6.08 Å². The molecule has 1 heterocycles. The lowest BCUT2D eigenvalue weighted by atomic mass is 10.2. The SMILES string of the molecule is COP(OCC1CCC(N(C)/C=C\C(=O)NC=O)O1)OC(C)C. The minimum Gasteiger partial charge on any atom is -0.355 e. The third kappa shape index (κ3) is 7.85. The Morgan fingerprint density at radius 2 is 2.22 bits per heavy atom. The van der Waals surface area contributed by atoms with Crippen LogP contribution in [0, 0.1) is 0 Å². The molecule has 1 N–H and O–H groups in total. The van der Waals surface area contributed by atoms with Gasteiger partial charge in [-0.1, -0.05) is 0 Å². The molecule has 1 aliphatic heterocycles. The average Bonchev–Trinajstić information content (AvgIpc) is 2.98. The lowest BCUT2D eigenvalue weighted by Crippen LogP contribution is -2.29. The Balaban J connectivity index is 2.34. The fourth-order valence-corrected chi connectivity index (χ4v) is 2.82. The summed E-state index contributed by atoms with van der Waals surface area (Å²) in [7, 11) is 2.00. The van der Waals surface area contributed by atoms with Gasteiger partial charge < -0.3 is 23.2 Å². The van der Waals surface area contributed by atoms with Crippen molar-refractivity contribution < 1.29 is 27.9 Å². The van der Waals surface area contributed by atoms with Crippen LogP contribution in [-0.2, 0) is 27.9 Å². The minimum atomic E-state index is -1.36. The van der Waals surface area contributed by atoms with Crippen molar-refractivity contribution in [2.24, 2.45) is 0 Å². The molecular weight excluding hydrogens is 323 g/mol. The van der Waals surface area contributed by atoms with Gasteiger partial charge in [-0.25, -0.2) is 0 Å². The molecular formula is C14H25N2O6P. The predicted molar refractivity (Wildman–Crippen MR) is 85.1 cm³/mol. The maximum Gasteiger partial charge on any atom is 0.332 e. The zero-order valence-corrected chi connectivity index (χ0v) is 14.8. The van der Waals surface area contributed by atoms with Gasteiger partial charge in [-0.15, -0.1) is 0 Å². The molecule has 2 amide bonds. The Morgan fingerprint density at radius 1 is 1.48 bits per heavy atom. The van der Waals surface area contributed by atoms with E-state index in [1.807, 2.05) is 26.2 Å². The summed E-state index contributed by atoms with van der Waals surface area (Å²) in [5.41, 5.74) is 0. The van der Waals surface area contributed by atoms with E-state index in [0.717, 1.165) is 12.8 Å². The largest absolute Gasteiger partial charge is 0.355 e. The molecule has 0 aromatic heterocycles. The summed E-state index contributed by atoms with van der Waals surface area (Å²) in [4.78, 5) is 23.1. The van der Waals surface area contributed by atoms with E-state index in [9.17, 15) is 9.59 Å². The topological polar surface area (TPSA) is 86.3 Å². The summed E-state index contributed by atoms with van der Waals surface area (Å²) < 4.78 is 22.1. The molecule has 9 heteroatoms. The maximum absolute atomic E-state index is 11.2. The first-order valence-electron chi connectivity index (χ1n) is 7.40. The third-order valence-electron chi connectivity index (χ3n) is 3.01. The van der Waals surface area contributed by atoms with Gasteiger partial charge in [0.25, 0.3) is 5.91 Å². The number of amides is 2. The number of carbonyl (C=O) groups is 2. The molecule has 0 aliphatic carbocycles. The summed E-state index contributed by atoms with van der Waals surface area (Å²) >= 11 is 0. The summed E-state index contributed by atoms with van der Waals surface area (Å²) in [5, 5.41) is 2.04. The molecule has 0 spiro atoms. The van der Waals surface area contributed by atoms with Crippen molar-refractivity contribution in [3.8, 4) is 0 Å². The molecule has 8 nitrogen and oxygen atoms in total. The van der Waals surface area contributed by atoms with Gasteiger partial charge in [0.2, 0.25) is 6.41 Å². The zero-order valence-electron chi connectivity index (χ0n) is 13.9. The van der Waals surface area contributed by atoms with E-state index in [0.29, 0.717) is 13.0 Å². The van der Waals surface area contributed by atoms with Gasteiger partial charge in [0.05, 0.1) is 18.8 Å². The second-order valence-corrected chi connectivity index (χ2v) is 6.54. The smallest absolute Gasteiger partial charge is 0.332 e. The highest BCUT2D eigenvalue weighted by Crippen LogP contribution is 2.40. The normalized spacial score (nSPS) is 22.5. The molecule has 3 atom stereocenters. The Labute approximate surface area is 138 Å². The van der Waals surface area contributed by atoms with Gasteiger partial charge in [-0.05, 0) is 26.7 Å². The number of nitrogens with one attached hydrogen (secondary N) is 1. The summed E-state index contributed by atoms with van der Waals surface area (Å²) in [6.45, 7) is 4.23. The second kappa shape index (κ2) is 10.7. The van der Waals surface area contributed by atoms with Crippen molar-refractivity contribution in [1.82, 2.24) is 10.2 Å². The van der Waals surface area contributed by atoms with Crippen LogP contribution < -0.4 is 5.32 Å². The van der Waals surface area contributed by atoms with Gasteiger partial charge >= 0.3 is 8.60 Å². The van der Waals surface area contributed by atoms with Gasteiger partial charge in [0.15, 0.2) is 0 Å². The van der Waals surface area contributed by atoms with Crippen molar-refractivity contribution in [3.63, 3.8) is 0 Å². The maximum atomic E-state index is 11.2. The van der Waals surface area contributed by atoms with E-state index >= 15 is 0 Å². The van der Waals surface area contributed by atoms with Crippen molar-refractivity contribution in [2.45, 2.75) is 45.1 Å². The molecule has 132 valence electrons. The van der Waals surface area contributed by atoms with E-state index < -0.39 is 14.5 Å². The summed E-state index contributed by atoms with van der Waals surface area (Å²) in [5.74, 6) is -0.471. The molecule has 0 radical (unpaired) electrons. The van der Waals surface area contributed by atoms with Crippen molar-refractivity contribution in [1.29, 1.82) is 0 Å². The number of ether oxygens (including phenoxy) is 1. The van der Waals surface area contributed by atoms with Crippen molar-refractivity contribution in [2.75, 3.05) is 20.8 Å². The van der Waals surface area contributed by atoms with Crippen molar-refractivity contribution in [3.05, 3.63) is 12.3 Å².